The van der Waals surface area contributed by atoms with E-state index in [1.807, 2.05) is 112 Å². The van der Waals surface area contributed by atoms with E-state index in [9.17, 15) is 19.2 Å². The summed E-state index contributed by atoms with van der Waals surface area (Å²) < 4.78 is 26.5. The first kappa shape index (κ1) is 39.8. The Kier molecular flexibility index (Phi) is 10.2. The zero-order valence-corrected chi connectivity index (χ0v) is 35.5. The first-order valence-corrected chi connectivity index (χ1v) is 21.6. The van der Waals surface area contributed by atoms with Crippen molar-refractivity contribution in [1.29, 1.82) is 0 Å². The van der Waals surface area contributed by atoms with E-state index >= 15 is 0 Å². The molecule has 5 heterocycles. The minimum atomic E-state index is -0.641. The molecule has 310 valence electrons. The maximum Gasteiger partial charge on any atom is 0.343 e. The van der Waals surface area contributed by atoms with Gasteiger partial charge in [0.1, 0.15) is 22.2 Å². The number of thioether (sulfide) groups is 1. The molecule has 0 saturated carbocycles. The molecule has 11 nitrogen and oxygen atoms in total. The quantitative estimate of drug-likeness (QED) is 0.0939. The largest absolute Gasteiger partial charge is 0.462 e. The molecule has 0 N–H and O–H groups in total. The Hall–Kier alpha value is -7.35. The number of pyridine rings is 3. The van der Waals surface area contributed by atoms with Crippen LogP contribution in [0.5, 0.6) is 23.0 Å². The zero-order valence-electron chi connectivity index (χ0n) is 33.8. The maximum absolute atomic E-state index is 13.4. The molecule has 0 amide bonds. The third-order valence-electron chi connectivity index (χ3n) is 10.8. The summed E-state index contributed by atoms with van der Waals surface area (Å²) in [5.41, 5.74) is 2.92. The molecular formula is C50H35N3O8S2. The van der Waals surface area contributed by atoms with Crippen molar-refractivity contribution in [2.45, 2.75) is 29.4 Å². The van der Waals surface area contributed by atoms with Crippen molar-refractivity contribution >= 4 is 79.7 Å². The number of rotatable bonds is 7. The zero-order chi connectivity index (χ0) is 43.4. The van der Waals surface area contributed by atoms with Crippen LogP contribution in [0.1, 0.15) is 40.3 Å². The monoisotopic (exact) mass is 869 g/mol. The van der Waals surface area contributed by atoms with Crippen molar-refractivity contribution in [2.24, 2.45) is 0 Å². The molecule has 2 aliphatic heterocycles. The number of carbonyl (C=O) groups excluding carboxylic acids is 2. The van der Waals surface area contributed by atoms with Gasteiger partial charge in [-0.2, -0.15) is 0 Å². The fraction of sp³-hybridized carbons (Fsp3) is 0.100. The van der Waals surface area contributed by atoms with Crippen LogP contribution in [0.25, 0.3) is 54.7 Å². The van der Waals surface area contributed by atoms with Gasteiger partial charge in [0.15, 0.2) is 23.0 Å². The molecule has 6 aromatic carbocycles. The van der Waals surface area contributed by atoms with Gasteiger partial charge in [-0.25, -0.2) is 9.59 Å². The van der Waals surface area contributed by atoms with Crippen LogP contribution in [0.15, 0.2) is 153 Å². The van der Waals surface area contributed by atoms with E-state index in [1.165, 1.54) is 0 Å². The summed E-state index contributed by atoms with van der Waals surface area (Å²) >= 11 is 5.96. The first-order chi connectivity index (χ1) is 30.7. The Bertz CT molecular complexity index is 3500. The lowest BCUT2D eigenvalue weighted by Gasteiger charge is -2.25. The summed E-state index contributed by atoms with van der Waals surface area (Å²) in [5, 5.41) is 4.92. The number of thiol groups is 1. The van der Waals surface area contributed by atoms with E-state index < -0.39 is 17.4 Å². The molecule has 3 aromatic heterocycles. The number of hydrogen-bond donors (Lipinski definition) is 1. The lowest BCUT2D eigenvalue weighted by molar-refractivity contribution is 0.0514. The number of carbonyl (C=O) groups is 2. The Morgan fingerprint density at radius 1 is 0.619 bits per heavy atom. The second kappa shape index (κ2) is 16.2. The average Bonchev–Trinajstić information content (AvgIpc) is 3.29. The lowest BCUT2D eigenvalue weighted by atomic mass is 10.1. The third-order valence-corrected chi connectivity index (χ3v) is 12.1. The van der Waals surface area contributed by atoms with E-state index in [-0.39, 0.29) is 29.8 Å². The second-order valence-electron chi connectivity index (χ2n) is 14.7. The standard InChI is InChI=1S/C28H20N2O4S.C22H15NO4S/c1-2-33-28(32)22-15-30-23-11-17-7-3-4-8-18(17)12-24(23)34-25-14-20(13-21(26(25)30)27(22)31)35-16-19-9-5-6-10-29-19;1-2-26-22(25)16-11-23-17-7-12-5-3-4-6-13(12)8-18(17)27-19-10-14(28)9-15(20(19)23)21(16)24/h3-15H,2,16H2,1H3;3-11,28H,2H2,1H3. The Labute approximate surface area is 368 Å². The van der Waals surface area contributed by atoms with Gasteiger partial charge in [-0.1, -0.05) is 54.6 Å². The molecule has 11 rings (SSSR count). The van der Waals surface area contributed by atoms with Crippen LogP contribution in [0.2, 0.25) is 0 Å². The lowest BCUT2D eigenvalue weighted by Crippen LogP contribution is -2.22. The smallest absolute Gasteiger partial charge is 0.343 e. The third kappa shape index (κ3) is 7.14. The molecule has 0 saturated heterocycles. The second-order valence-corrected chi connectivity index (χ2v) is 16.3. The number of benzene rings is 6. The van der Waals surface area contributed by atoms with Crippen molar-refractivity contribution in [2.75, 3.05) is 13.2 Å². The van der Waals surface area contributed by atoms with Crippen LogP contribution in [0, 0.1) is 0 Å². The van der Waals surface area contributed by atoms with Gasteiger partial charge in [0, 0.05) is 34.1 Å². The highest BCUT2D eigenvalue weighted by atomic mass is 32.2. The predicted octanol–water partition coefficient (Wildman–Crippen LogP) is 10.8. The van der Waals surface area contributed by atoms with Crippen LogP contribution in [0.4, 0.5) is 0 Å². The van der Waals surface area contributed by atoms with Crippen LogP contribution in [-0.2, 0) is 15.2 Å². The van der Waals surface area contributed by atoms with Crippen LogP contribution in [-0.4, -0.2) is 39.3 Å². The van der Waals surface area contributed by atoms with Gasteiger partial charge >= 0.3 is 11.9 Å². The molecular weight excluding hydrogens is 835 g/mol. The van der Waals surface area contributed by atoms with Crippen molar-refractivity contribution in [3.05, 3.63) is 171 Å². The molecule has 2 aliphatic rings. The predicted molar refractivity (Wildman–Crippen MR) is 247 cm³/mol. The minimum Gasteiger partial charge on any atom is -0.462 e. The number of esters is 2. The summed E-state index contributed by atoms with van der Waals surface area (Å²) in [6, 6.07) is 36.8. The molecule has 0 aliphatic carbocycles. The molecule has 13 heteroatoms. The highest BCUT2D eigenvalue weighted by molar-refractivity contribution is 7.98. The highest BCUT2D eigenvalue weighted by Gasteiger charge is 2.28. The maximum atomic E-state index is 13.4. The molecule has 63 heavy (non-hydrogen) atoms. The van der Waals surface area contributed by atoms with Crippen molar-refractivity contribution in [1.82, 2.24) is 14.1 Å². The first-order valence-electron chi connectivity index (χ1n) is 20.1. The van der Waals surface area contributed by atoms with E-state index in [0.717, 1.165) is 43.5 Å². The van der Waals surface area contributed by atoms with Gasteiger partial charge in [0.2, 0.25) is 10.9 Å². The summed E-state index contributed by atoms with van der Waals surface area (Å²) in [7, 11) is 0. The van der Waals surface area contributed by atoms with Crippen LogP contribution >= 0.6 is 24.4 Å². The molecule has 0 fully saturated rings. The molecule has 0 atom stereocenters. The van der Waals surface area contributed by atoms with Gasteiger partial charge in [-0.15, -0.1) is 24.4 Å². The van der Waals surface area contributed by atoms with Crippen molar-refractivity contribution in [3.8, 4) is 34.4 Å². The molecule has 0 spiro atoms. The Morgan fingerprint density at radius 2 is 1.11 bits per heavy atom. The summed E-state index contributed by atoms with van der Waals surface area (Å²) in [6.07, 6.45) is 4.87. The van der Waals surface area contributed by atoms with Gasteiger partial charge in [0.25, 0.3) is 0 Å². The summed E-state index contributed by atoms with van der Waals surface area (Å²) in [5.74, 6) is 1.76. The Morgan fingerprint density at radius 3 is 1.62 bits per heavy atom. The van der Waals surface area contributed by atoms with Gasteiger partial charge in [-0.05, 0) is 96.1 Å². The number of ether oxygens (including phenoxy) is 4. The number of nitrogens with zero attached hydrogens (tertiary/aromatic N) is 3. The molecule has 9 aromatic rings. The topological polar surface area (TPSA) is 128 Å². The van der Waals surface area contributed by atoms with E-state index in [0.29, 0.717) is 55.5 Å². The van der Waals surface area contributed by atoms with Crippen molar-refractivity contribution < 1.29 is 28.5 Å². The SMILES string of the molecule is CCOC(=O)c1cn2c3c(cc(S)cc3c1=O)Oc1cc3ccccc3cc1-2.CCOC(=O)c1cn2c3c(cc(SCc4ccccn4)cc3c1=O)Oc1cc3ccccc3cc1-2. The van der Waals surface area contributed by atoms with E-state index in [4.69, 9.17) is 18.9 Å². The average molecular weight is 870 g/mol. The van der Waals surface area contributed by atoms with E-state index in [1.54, 1.807) is 56.3 Å². The molecule has 0 bridgehead atoms. The van der Waals surface area contributed by atoms with Gasteiger partial charge in [-0.3, -0.25) is 14.6 Å². The normalized spacial score (nSPS) is 11.9. The Balaban J connectivity index is 0.000000153. The number of fused-ring (bicyclic) bond motifs is 6. The summed E-state index contributed by atoms with van der Waals surface area (Å²) in [6.45, 7) is 3.81. The highest BCUT2D eigenvalue weighted by Crippen LogP contribution is 2.45. The number of aromatic nitrogens is 3. The number of hydrogen-bond acceptors (Lipinski definition) is 11. The molecule has 0 unspecified atom stereocenters. The van der Waals surface area contributed by atoms with Gasteiger partial charge < -0.3 is 28.1 Å². The van der Waals surface area contributed by atoms with Gasteiger partial charge in [0.05, 0.1) is 41.1 Å². The van der Waals surface area contributed by atoms with Crippen molar-refractivity contribution in [3.63, 3.8) is 0 Å². The molecule has 0 radical (unpaired) electrons. The van der Waals surface area contributed by atoms with Crippen LogP contribution < -0.4 is 20.3 Å². The summed E-state index contributed by atoms with van der Waals surface area (Å²) in [4.78, 5) is 57.3. The van der Waals surface area contributed by atoms with E-state index in [2.05, 4.69) is 17.6 Å². The fourth-order valence-electron chi connectivity index (χ4n) is 7.97. The minimum absolute atomic E-state index is 0.00168. The fourth-order valence-corrected chi connectivity index (χ4v) is 9.10. The van der Waals surface area contributed by atoms with Crippen LogP contribution in [0.3, 0.4) is 0 Å².